The quantitative estimate of drug-likeness (QED) is 0.813. The first-order valence-corrected chi connectivity index (χ1v) is 7.68. The molecule has 0 unspecified atom stereocenters. The molecule has 0 saturated carbocycles. The van der Waals surface area contributed by atoms with Crippen LogP contribution < -0.4 is 4.90 Å². The predicted molar refractivity (Wildman–Crippen MR) is 79.6 cm³/mol. The molecule has 19 heavy (non-hydrogen) atoms. The van der Waals surface area contributed by atoms with Gasteiger partial charge in [0.15, 0.2) is 0 Å². The van der Waals surface area contributed by atoms with Crippen LogP contribution in [0.4, 0.5) is 5.82 Å². The summed E-state index contributed by atoms with van der Waals surface area (Å²) >= 11 is 0. The highest BCUT2D eigenvalue weighted by Crippen LogP contribution is 2.32. The second-order valence-electron chi connectivity index (χ2n) is 6.03. The third-order valence-electron chi connectivity index (χ3n) is 4.67. The fraction of sp³-hybridized carbons (Fsp3) is 0.688. The number of likely N-dealkylation sites (tertiary alicyclic amines) is 1. The smallest absolute Gasteiger partial charge is 0.128 e. The molecule has 3 nitrogen and oxygen atoms in total. The number of aromatic nitrogens is 1. The molecule has 2 fully saturated rings. The van der Waals surface area contributed by atoms with E-state index in [9.17, 15) is 0 Å². The fourth-order valence-corrected chi connectivity index (χ4v) is 3.50. The Morgan fingerprint density at radius 3 is 2.47 bits per heavy atom. The van der Waals surface area contributed by atoms with Gasteiger partial charge in [-0.15, -0.1) is 0 Å². The maximum Gasteiger partial charge on any atom is 0.128 e. The van der Waals surface area contributed by atoms with Gasteiger partial charge in [-0.05, 0) is 57.8 Å². The maximum absolute atomic E-state index is 4.86. The molecule has 0 spiro atoms. The monoisotopic (exact) mass is 259 g/mol. The largest absolute Gasteiger partial charge is 0.357 e. The Balaban J connectivity index is 1.82. The Morgan fingerprint density at radius 1 is 1.05 bits per heavy atom. The highest BCUT2D eigenvalue weighted by atomic mass is 15.2. The van der Waals surface area contributed by atoms with Crippen LogP contribution in [-0.4, -0.2) is 36.6 Å². The number of hydrogen-bond acceptors (Lipinski definition) is 3. The minimum absolute atomic E-state index is 0.578. The lowest BCUT2D eigenvalue weighted by Gasteiger charge is -2.33. The molecule has 3 heterocycles. The molecule has 0 aromatic carbocycles. The van der Waals surface area contributed by atoms with Gasteiger partial charge in [-0.25, -0.2) is 4.98 Å². The first-order valence-electron chi connectivity index (χ1n) is 7.68. The molecule has 3 heteroatoms. The Bertz CT molecular complexity index is 438. The topological polar surface area (TPSA) is 19.4 Å². The normalized spacial score (nSPS) is 24.9. The fourth-order valence-electron chi connectivity index (χ4n) is 3.50. The molecule has 2 saturated heterocycles. The average molecular weight is 259 g/mol. The summed E-state index contributed by atoms with van der Waals surface area (Å²) in [5.74, 6) is 1.18. The summed E-state index contributed by atoms with van der Waals surface area (Å²) < 4.78 is 0. The van der Waals surface area contributed by atoms with Crippen molar-refractivity contribution in [1.29, 1.82) is 0 Å². The van der Waals surface area contributed by atoms with Crippen LogP contribution in [0.3, 0.4) is 0 Å². The molecule has 0 aliphatic carbocycles. The standard InChI is InChI=1S/C16H25N3/c1-13-14(15-7-3-4-10-18(15)2)8-9-16(17-13)19-11-5-6-12-19/h8-9,15H,3-7,10-12H2,1-2H3/t15-/m1/s1. The number of nitrogens with zero attached hydrogens (tertiary/aromatic N) is 3. The number of piperidine rings is 1. The van der Waals surface area contributed by atoms with E-state index in [1.54, 1.807) is 0 Å². The molecule has 104 valence electrons. The van der Waals surface area contributed by atoms with Gasteiger partial charge in [0.2, 0.25) is 0 Å². The molecule has 2 aliphatic heterocycles. The second-order valence-corrected chi connectivity index (χ2v) is 6.03. The SMILES string of the molecule is Cc1nc(N2CCCC2)ccc1[C@H]1CCCCN1C. The highest BCUT2D eigenvalue weighted by Gasteiger charge is 2.23. The summed E-state index contributed by atoms with van der Waals surface area (Å²) in [5, 5.41) is 0. The van der Waals surface area contributed by atoms with Gasteiger partial charge >= 0.3 is 0 Å². The van der Waals surface area contributed by atoms with E-state index in [4.69, 9.17) is 4.98 Å². The van der Waals surface area contributed by atoms with Gasteiger partial charge in [0.1, 0.15) is 5.82 Å². The number of hydrogen-bond donors (Lipinski definition) is 0. The highest BCUT2D eigenvalue weighted by molar-refractivity contribution is 5.43. The number of pyridine rings is 1. The average Bonchev–Trinajstić information content (AvgIpc) is 2.94. The summed E-state index contributed by atoms with van der Waals surface area (Å²) in [4.78, 5) is 9.77. The van der Waals surface area contributed by atoms with Crippen molar-refractivity contribution in [2.24, 2.45) is 0 Å². The van der Waals surface area contributed by atoms with E-state index in [0.29, 0.717) is 6.04 Å². The van der Waals surface area contributed by atoms with Crippen molar-refractivity contribution in [3.05, 3.63) is 23.4 Å². The lowest BCUT2D eigenvalue weighted by molar-refractivity contribution is 0.186. The molecule has 2 aliphatic rings. The van der Waals surface area contributed by atoms with Crippen LogP contribution in [0.2, 0.25) is 0 Å². The zero-order chi connectivity index (χ0) is 13.2. The van der Waals surface area contributed by atoms with Crippen molar-refractivity contribution in [2.45, 2.75) is 45.1 Å². The van der Waals surface area contributed by atoms with Crippen molar-refractivity contribution < 1.29 is 0 Å². The van der Waals surface area contributed by atoms with Crippen LogP contribution in [0.5, 0.6) is 0 Å². The second kappa shape index (κ2) is 5.49. The number of aryl methyl sites for hydroxylation is 1. The van der Waals surface area contributed by atoms with Crippen LogP contribution in [-0.2, 0) is 0 Å². The number of anilines is 1. The molecular formula is C16H25N3. The van der Waals surface area contributed by atoms with Gasteiger partial charge in [-0.2, -0.15) is 0 Å². The zero-order valence-corrected chi connectivity index (χ0v) is 12.2. The molecular weight excluding hydrogens is 234 g/mol. The molecule has 0 bridgehead atoms. The molecule has 0 N–H and O–H groups in total. The Labute approximate surface area is 116 Å². The van der Waals surface area contributed by atoms with E-state index in [-0.39, 0.29) is 0 Å². The van der Waals surface area contributed by atoms with Crippen molar-refractivity contribution >= 4 is 5.82 Å². The lowest BCUT2D eigenvalue weighted by Crippen LogP contribution is -2.30. The minimum Gasteiger partial charge on any atom is -0.357 e. The van der Waals surface area contributed by atoms with E-state index in [1.165, 1.54) is 68.8 Å². The van der Waals surface area contributed by atoms with Crippen LogP contribution in [0, 0.1) is 6.92 Å². The van der Waals surface area contributed by atoms with Crippen LogP contribution >= 0.6 is 0 Å². The van der Waals surface area contributed by atoms with E-state index in [1.807, 2.05) is 0 Å². The molecule has 3 rings (SSSR count). The van der Waals surface area contributed by atoms with Crippen molar-refractivity contribution in [2.75, 3.05) is 31.6 Å². The van der Waals surface area contributed by atoms with Crippen LogP contribution in [0.15, 0.2) is 12.1 Å². The van der Waals surface area contributed by atoms with Gasteiger partial charge in [-0.1, -0.05) is 12.5 Å². The zero-order valence-electron chi connectivity index (χ0n) is 12.2. The lowest BCUT2D eigenvalue weighted by atomic mass is 9.95. The van der Waals surface area contributed by atoms with Gasteiger partial charge in [0.05, 0.1) is 0 Å². The Morgan fingerprint density at radius 2 is 1.79 bits per heavy atom. The van der Waals surface area contributed by atoms with Crippen LogP contribution in [0.25, 0.3) is 0 Å². The summed E-state index contributed by atoms with van der Waals surface area (Å²) in [6.07, 6.45) is 6.59. The summed E-state index contributed by atoms with van der Waals surface area (Å²) in [7, 11) is 2.25. The van der Waals surface area contributed by atoms with E-state index in [2.05, 4.69) is 35.9 Å². The maximum atomic E-state index is 4.86. The van der Waals surface area contributed by atoms with E-state index in [0.717, 1.165) is 0 Å². The van der Waals surface area contributed by atoms with Crippen molar-refractivity contribution in [3.63, 3.8) is 0 Å². The first kappa shape index (κ1) is 12.9. The van der Waals surface area contributed by atoms with Gasteiger partial charge < -0.3 is 4.90 Å². The van der Waals surface area contributed by atoms with E-state index < -0.39 is 0 Å². The molecule has 0 amide bonds. The third kappa shape index (κ3) is 2.62. The molecule has 1 aromatic heterocycles. The molecule has 1 atom stereocenters. The molecule has 1 aromatic rings. The van der Waals surface area contributed by atoms with Gasteiger partial charge in [-0.3, -0.25) is 4.90 Å². The Hall–Kier alpha value is -1.09. The summed E-state index contributed by atoms with van der Waals surface area (Å²) in [5.41, 5.74) is 2.66. The van der Waals surface area contributed by atoms with Crippen LogP contribution in [0.1, 0.15) is 49.4 Å². The van der Waals surface area contributed by atoms with Crippen molar-refractivity contribution in [3.8, 4) is 0 Å². The molecule has 0 radical (unpaired) electrons. The summed E-state index contributed by atoms with van der Waals surface area (Å²) in [6, 6.07) is 5.13. The third-order valence-corrected chi connectivity index (χ3v) is 4.67. The first-order chi connectivity index (χ1) is 9.25. The van der Waals surface area contributed by atoms with Gasteiger partial charge in [0, 0.05) is 24.8 Å². The van der Waals surface area contributed by atoms with E-state index >= 15 is 0 Å². The predicted octanol–water partition coefficient (Wildman–Crippen LogP) is 3.15. The summed E-state index contributed by atoms with van der Waals surface area (Å²) in [6.45, 7) is 5.75. The van der Waals surface area contributed by atoms with Crippen molar-refractivity contribution in [1.82, 2.24) is 9.88 Å². The van der Waals surface area contributed by atoms with Gasteiger partial charge in [0.25, 0.3) is 0 Å². The Kier molecular flexibility index (Phi) is 3.74. The minimum atomic E-state index is 0.578. The number of rotatable bonds is 2.